The van der Waals surface area contributed by atoms with Crippen molar-refractivity contribution in [2.24, 2.45) is 5.10 Å². The van der Waals surface area contributed by atoms with Gasteiger partial charge in [0.15, 0.2) is 6.10 Å². The lowest BCUT2D eigenvalue weighted by Gasteiger charge is -2.13. The quantitative estimate of drug-likeness (QED) is 0.653. The molecular formula is C16H16N2O3. The average Bonchev–Trinajstić information content (AvgIpc) is 2.51. The molecule has 0 spiro atoms. The number of amides is 1. The maximum absolute atomic E-state index is 12.0. The molecular weight excluding hydrogens is 268 g/mol. The zero-order valence-corrected chi connectivity index (χ0v) is 11.6. The number of rotatable bonds is 5. The van der Waals surface area contributed by atoms with E-state index in [4.69, 9.17) is 4.74 Å². The molecule has 0 saturated heterocycles. The molecule has 2 aromatic carbocycles. The Morgan fingerprint density at radius 2 is 1.86 bits per heavy atom. The second-order valence-electron chi connectivity index (χ2n) is 4.35. The minimum Gasteiger partial charge on any atom is -0.508 e. The third kappa shape index (κ3) is 4.15. The first-order valence-corrected chi connectivity index (χ1v) is 6.40. The summed E-state index contributed by atoms with van der Waals surface area (Å²) in [7, 11) is 1.47. The minimum absolute atomic E-state index is 0.180. The van der Waals surface area contributed by atoms with Crippen LogP contribution in [-0.2, 0) is 9.53 Å². The van der Waals surface area contributed by atoms with E-state index < -0.39 is 6.10 Å². The molecule has 0 heterocycles. The standard InChI is InChI=1S/C16H16N2O3/c1-21-15(13-5-3-2-4-6-13)16(20)18-17-11-12-7-9-14(19)10-8-12/h2-11,15,19H,1H3,(H,18,20)/b17-11+/t15-/m1/s1. The number of nitrogens with one attached hydrogen (secondary N) is 1. The average molecular weight is 284 g/mol. The largest absolute Gasteiger partial charge is 0.508 e. The van der Waals surface area contributed by atoms with Gasteiger partial charge in [-0.1, -0.05) is 30.3 Å². The summed E-state index contributed by atoms with van der Waals surface area (Å²) in [6, 6.07) is 15.7. The maximum atomic E-state index is 12.0. The SMILES string of the molecule is CO[C@@H](C(=O)N/N=C/c1ccc(O)cc1)c1ccccc1. The number of hydrogen-bond donors (Lipinski definition) is 2. The van der Waals surface area contributed by atoms with Crippen molar-refractivity contribution in [3.8, 4) is 5.75 Å². The first kappa shape index (κ1) is 14.7. The Balaban J connectivity index is 1.98. The van der Waals surface area contributed by atoms with E-state index in [2.05, 4.69) is 10.5 Å². The number of hydrazone groups is 1. The monoisotopic (exact) mass is 284 g/mol. The number of carbonyl (C=O) groups is 1. The fourth-order valence-corrected chi connectivity index (χ4v) is 1.81. The van der Waals surface area contributed by atoms with E-state index in [-0.39, 0.29) is 11.7 Å². The number of carbonyl (C=O) groups excluding carboxylic acids is 1. The Kier molecular flexibility index (Phi) is 5.06. The Hall–Kier alpha value is -2.66. The number of nitrogens with zero attached hydrogens (tertiary/aromatic N) is 1. The summed E-state index contributed by atoms with van der Waals surface area (Å²) in [5, 5.41) is 13.0. The minimum atomic E-state index is -0.705. The highest BCUT2D eigenvalue weighted by atomic mass is 16.5. The molecule has 0 saturated carbocycles. The number of aromatic hydroxyl groups is 1. The predicted octanol–water partition coefficient (Wildman–Crippen LogP) is 2.23. The molecule has 5 nitrogen and oxygen atoms in total. The van der Waals surface area contributed by atoms with Crippen LogP contribution < -0.4 is 5.43 Å². The van der Waals surface area contributed by atoms with Crippen LogP contribution in [0, 0.1) is 0 Å². The molecule has 2 aromatic rings. The van der Waals surface area contributed by atoms with Gasteiger partial charge in [-0.2, -0.15) is 5.10 Å². The van der Waals surface area contributed by atoms with Crippen LogP contribution in [-0.4, -0.2) is 24.3 Å². The van der Waals surface area contributed by atoms with Crippen LogP contribution in [0.3, 0.4) is 0 Å². The van der Waals surface area contributed by atoms with E-state index >= 15 is 0 Å². The molecule has 5 heteroatoms. The number of hydrogen-bond acceptors (Lipinski definition) is 4. The van der Waals surface area contributed by atoms with Crippen molar-refractivity contribution < 1.29 is 14.6 Å². The summed E-state index contributed by atoms with van der Waals surface area (Å²) in [6.07, 6.45) is 0.790. The van der Waals surface area contributed by atoms with Crippen molar-refractivity contribution >= 4 is 12.1 Å². The molecule has 2 rings (SSSR count). The molecule has 1 amide bonds. The highest BCUT2D eigenvalue weighted by molar-refractivity contribution is 5.85. The van der Waals surface area contributed by atoms with Gasteiger partial charge in [0, 0.05) is 7.11 Å². The molecule has 2 N–H and O–H groups in total. The van der Waals surface area contributed by atoms with Crippen molar-refractivity contribution in [3.63, 3.8) is 0 Å². The topological polar surface area (TPSA) is 70.9 Å². The lowest BCUT2D eigenvalue weighted by molar-refractivity contribution is -0.131. The van der Waals surface area contributed by atoms with Crippen molar-refractivity contribution in [3.05, 3.63) is 65.7 Å². The molecule has 0 aliphatic carbocycles. The van der Waals surface area contributed by atoms with Gasteiger partial charge >= 0.3 is 0 Å². The van der Waals surface area contributed by atoms with E-state index in [1.165, 1.54) is 13.3 Å². The molecule has 1 atom stereocenters. The second kappa shape index (κ2) is 7.21. The van der Waals surface area contributed by atoms with Crippen molar-refractivity contribution in [1.29, 1.82) is 0 Å². The molecule has 108 valence electrons. The highest BCUT2D eigenvalue weighted by Crippen LogP contribution is 2.16. The molecule has 0 radical (unpaired) electrons. The number of phenolic OH excluding ortho intramolecular Hbond substituents is 1. The summed E-state index contributed by atoms with van der Waals surface area (Å²) >= 11 is 0. The predicted molar refractivity (Wildman–Crippen MR) is 80.0 cm³/mol. The van der Waals surface area contributed by atoms with E-state index in [1.807, 2.05) is 30.3 Å². The van der Waals surface area contributed by atoms with Crippen molar-refractivity contribution in [2.45, 2.75) is 6.10 Å². The summed E-state index contributed by atoms with van der Waals surface area (Å²) in [6.45, 7) is 0. The van der Waals surface area contributed by atoms with Gasteiger partial charge in [0.2, 0.25) is 0 Å². The Morgan fingerprint density at radius 1 is 1.19 bits per heavy atom. The second-order valence-corrected chi connectivity index (χ2v) is 4.35. The smallest absolute Gasteiger partial charge is 0.273 e. The molecule has 21 heavy (non-hydrogen) atoms. The summed E-state index contributed by atoms with van der Waals surface area (Å²) in [5.74, 6) is -0.168. The number of methoxy groups -OCH3 is 1. The Bertz CT molecular complexity index is 609. The normalized spacial score (nSPS) is 12.2. The van der Waals surface area contributed by atoms with Gasteiger partial charge in [0.1, 0.15) is 5.75 Å². The maximum Gasteiger partial charge on any atom is 0.273 e. The van der Waals surface area contributed by atoms with Crippen LogP contribution in [0.5, 0.6) is 5.75 Å². The van der Waals surface area contributed by atoms with E-state index in [0.29, 0.717) is 0 Å². The Labute approximate surface area is 122 Å². The van der Waals surface area contributed by atoms with E-state index in [1.54, 1.807) is 24.3 Å². The third-order valence-corrected chi connectivity index (χ3v) is 2.86. The van der Waals surface area contributed by atoms with Crippen molar-refractivity contribution in [1.82, 2.24) is 5.43 Å². The highest BCUT2D eigenvalue weighted by Gasteiger charge is 2.18. The van der Waals surface area contributed by atoms with E-state index in [0.717, 1.165) is 11.1 Å². The van der Waals surface area contributed by atoms with Crippen LogP contribution in [0.2, 0.25) is 0 Å². The first-order valence-electron chi connectivity index (χ1n) is 6.40. The number of benzene rings is 2. The van der Waals surface area contributed by atoms with Gasteiger partial charge < -0.3 is 9.84 Å². The number of phenols is 1. The van der Waals surface area contributed by atoms with Crippen LogP contribution in [0.4, 0.5) is 0 Å². The van der Waals surface area contributed by atoms with Crippen LogP contribution in [0.1, 0.15) is 17.2 Å². The van der Waals surface area contributed by atoms with Gasteiger partial charge in [-0.05, 0) is 35.4 Å². The van der Waals surface area contributed by atoms with Gasteiger partial charge in [0.25, 0.3) is 5.91 Å². The molecule has 0 fully saturated rings. The summed E-state index contributed by atoms with van der Waals surface area (Å²) in [5.41, 5.74) is 3.97. The fraction of sp³-hybridized carbons (Fsp3) is 0.125. The van der Waals surface area contributed by atoms with Gasteiger partial charge in [0.05, 0.1) is 6.21 Å². The lowest BCUT2D eigenvalue weighted by Crippen LogP contribution is -2.26. The molecule has 0 aromatic heterocycles. The van der Waals surface area contributed by atoms with Crippen molar-refractivity contribution in [2.75, 3.05) is 7.11 Å². The zero-order valence-electron chi connectivity index (χ0n) is 11.6. The molecule has 0 aliphatic rings. The summed E-state index contributed by atoms with van der Waals surface area (Å²) < 4.78 is 5.20. The lowest BCUT2D eigenvalue weighted by atomic mass is 10.1. The molecule has 0 bridgehead atoms. The molecule has 0 unspecified atom stereocenters. The zero-order chi connectivity index (χ0) is 15.1. The number of ether oxygens (including phenoxy) is 1. The van der Waals surface area contributed by atoms with Gasteiger partial charge in [-0.25, -0.2) is 5.43 Å². The van der Waals surface area contributed by atoms with Crippen LogP contribution in [0.25, 0.3) is 0 Å². The summed E-state index contributed by atoms with van der Waals surface area (Å²) in [4.78, 5) is 12.0. The third-order valence-electron chi connectivity index (χ3n) is 2.86. The Morgan fingerprint density at radius 3 is 2.48 bits per heavy atom. The van der Waals surface area contributed by atoms with E-state index in [9.17, 15) is 9.90 Å². The fourth-order valence-electron chi connectivity index (χ4n) is 1.81. The molecule has 0 aliphatic heterocycles. The first-order chi connectivity index (χ1) is 10.2. The van der Waals surface area contributed by atoms with Crippen LogP contribution in [0.15, 0.2) is 59.7 Å². The van der Waals surface area contributed by atoms with Crippen LogP contribution >= 0.6 is 0 Å². The van der Waals surface area contributed by atoms with Gasteiger partial charge in [-0.3, -0.25) is 4.79 Å². The van der Waals surface area contributed by atoms with Gasteiger partial charge in [-0.15, -0.1) is 0 Å².